The average Bonchev–Trinajstić information content (AvgIpc) is 2.71. The number of halogens is 1. The van der Waals surface area contributed by atoms with Gasteiger partial charge in [-0.3, -0.25) is 0 Å². The van der Waals surface area contributed by atoms with E-state index in [9.17, 15) is 0 Å². The van der Waals surface area contributed by atoms with Crippen molar-refractivity contribution in [3.05, 3.63) is 29.8 Å². The number of ether oxygens (including phenoxy) is 1. The fourth-order valence-electron chi connectivity index (χ4n) is 2.93. The molecule has 114 valence electrons. The van der Waals surface area contributed by atoms with Crippen LogP contribution in [-0.4, -0.2) is 32.0 Å². The summed E-state index contributed by atoms with van der Waals surface area (Å²) in [5.41, 5.74) is 1.34. The van der Waals surface area contributed by atoms with Crippen molar-refractivity contribution in [2.75, 3.05) is 21.2 Å². The highest BCUT2D eigenvalue weighted by Gasteiger charge is 2.43. The SMILES string of the molecule is CCCCC1CC(c2ccc(OC)cc2)[N+](C)(C)O1.[I-]. The fourth-order valence-corrected chi connectivity index (χ4v) is 2.93. The molecule has 20 heavy (non-hydrogen) atoms. The van der Waals surface area contributed by atoms with Crippen LogP contribution >= 0.6 is 0 Å². The van der Waals surface area contributed by atoms with Gasteiger partial charge in [-0.1, -0.05) is 19.8 Å². The van der Waals surface area contributed by atoms with Crippen LogP contribution in [0.1, 0.15) is 44.2 Å². The molecule has 0 radical (unpaired) electrons. The molecule has 1 heterocycles. The van der Waals surface area contributed by atoms with Crippen LogP contribution in [0.5, 0.6) is 5.75 Å². The number of hydrogen-bond acceptors (Lipinski definition) is 2. The lowest BCUT2D eigenvalue weighted by Gasteiger charge is -2.28. The molecule has 0 aliphatic carbocycles. The van der Waals surface area contributed by atoms with E-state index in [1.54, 1.807) is 7.11 Å². The number of hydroxylamine groups is 3. The molecule has 0 amide bonds. The first-order valence-electron chi connectivity index (χ1n) is 7.23. The van der Waals surface area contributed by atoms with Crippen molar-refractivity contribution in [1.82, 2.24) is 0 Å². The van der Waals surface area contributed by atoms with Crippen molar-refractivity contribution in [2.24, 2.45) is 0 Å². The van der Waals surface area contributed by atoms with E-state index in [4.69, 9.17) is 9.57 Å². The zero-order valence-corrected chi connectivity index (χ0v) is 15.1. The van der Waals surface area contributed by atoms with Gasteiger partial charge in [0.05, 0.1) is 21.2 Å². The number of benzene rings is 1. The monoisotopic (exact) mass is 391 g/mol. The molecule has 0 spiro atoms. The number of nitrogens with zero attached hydrogens (tertiary/aromatic N) is 1. The molecule has 1 aromatic carbocycles. The van der Waals surface area contributed by atoms with Gasteiger partial charge in [-0.2, -0.15) is 9.48 Å². The normalized spacial score (nSPS) is 24.2. The van der Waals surface area contributed by atoms with E-state index in [1.807, 2.05) is 12.1 Å². The molecule has 4 heteroatoms. The van der Waals surface area contributed by atoms with Gasteiger partial charge in [0.2, 0.25) is 0 Å². The third kappa shape index (κ3) is 4.09. The summed E-state index contributed by atoms with van der Waals surface area (Å²) in [6.45, 7) is 2.23. The minimum absolute atomic E-state index is 0. The first-order valence-corrected chi connectivity index (χ1v) is 7.23. The Kier molecular flexibility index (Phi) is 6.75. The van der Waals surface area contributed by atoms with Crippen LogP contribution in [-0.2, 0) is 4.84 Å². The molecule has 0 saturated carbocycles. The van der Waals surface area contributed by atoms with Crippen LogP contribution in [0.3, 0.4) is 0 Å². The average molecular weight is 391 g/mol. The van der Waals surface area contributed by atoms with Crippen molar-refractivity contribution in [2.45, 2.75) is 44.8 Å². The van der Waals surface area contributed by atoms with Crippen LogP contribution in [0.15, 0.2) is 24.3 Å². The second-order valence-corrected chi connectivity index (χ2v) is 5.83. The molecule has 1 aliphatic rings. The summed E-state index contributed by atoms with van der Waals surface area (Å²) in [6.07, 6.45) is 5.16. The number of methoxy groups -OCH3 is 1. The second-order valence-electron chi connectivity index (χ2n) is 5.83. The highest BCUT2D eigenvalue weighted by Crippen LogP contribution is 2.39. The fraction of sp³-hybridized carbons (Fsp3) is 0.625. The summed E-state index contributed by atoms with van der Waals surface area (Å²) in [6, 6.07) is 8.82. The van der Waals surface area contributed by atoms with E-state index in [2.05, 4.69) is 33.2 Å². The molecule has 2 unspecified atom stereocenters. The number of quaternary nitrogens is 1. The van der Waals surface area contributed by atoms with Crippen LogP contribution in [0.4, 0.5) is 0 Å². The van der Waals surface area contributed by atoms with Crippen molar-refractivity contribution in [1.29, 1.82) is 0 Å². The second kappa shape index (κ2) is 7.61. The molecular formula is C16H26INO2. The van der Waals surface area contributed by atoms with E-state index in [-0.39, 0.29) is 24.0 Å². The Hall–Kier alpha value is -0.330. The lowest BCUT2D eigenvalue weighted by Crippen LogP contribution is -3.00. The van der Waals surface area contributed by atoms with Gasteiger partial charge in [0, 0.05) is 12.0 Å². The van der Waals surface area contributed by atoms with Gasteiger partial charge < -0.3 is 28.7 Å². The molecule has 1 aliphatic heterocycles. The first-order chi connectivity index (χ1) is 9.06. The van der Waals surface area contributed by atoms with Crippen molar-refractivity contribution in [3.63, 3.8) is 0 Å². The highest BCUT2D eigenvalue weighted by atomic mass is 127. The van der Waals surface area contributed by atoms with Crippen LogP contribution in [0, 0.1) is 0 Å². The maximum absolute atomic E-state index is 6.18. The van der Waals surface area contributed by atoms with E-state index in [0.717, 1.165) is 12.2 Å². The smallest absolute Gasteiger partial charge is 0.147 e. The lowest BCUT2D eigenvalue weighted by molar-refractivity contribution is -1.09. The number of hydrogen-bond donors (Lipinski definition) is 0. The van der Waals surface area contributed by atoms with Crippen LogP contribution < -0.4 is 28.7 Å². The number of unbranched alkanes of at least 4 members (excludes halogenated alkanes) is 1. The Bertz CT molecular complexity index is 405. The summed E-state index contributed by atoms with van der Waals surface area (Å²) in [5, 5.41) is 0. The van der Waals surface area contributed by atoms with Crippen molar-refractivity contribution >= 4 is 0 Å². The van der Waals surface area contributed by atoms with Gasteiger partial charge in [0.25, 0.3) is 0 Å². The predicted octanol–water partition coefficient (Wildman–Crippen LogP) is 0.711. The molecule has 2 atom stereocenters. The molecular weight excluding hydrogens is 365 g/mol. The summed E-state index contributed by atoms with van der Waals surface area (Å²) < 4.78 is 5.85. The zero-order valence-electron chi connectivity index (χ0n) is 12.9. The van der Waals surface area contributed by atoms with E-state index >= 15 is 0 Å². The lowest BCUT2D eigenvalue weighted by atomic mass is 9.98. The molecule has 0 bridgehead atoms. The molecule has 0 N–H and O–H groups in total. The van der Waals surface area contributed by atoms with E-state index < -0.39 is 0 Å². The molecule has 2 rings (SSSR count). The maximum atomic E-state index is 6.18. The Labute approximate surface area is 139 Å². The molecule has 0 aromatic heterocycles. The molecule has 3 nitrogen and oxygen atoms in total. The maximum Gasteiger partial charge on any atom is 0.147 e. The Morgan fingerprint density at radius 2 is 1.90 bits per heavy atom. The van der Waals surface area contributed by atoms with Gasteiger partial charge in [-0.05, 0) is 30.7 Å². The van der Waals surface area contributed by atoms with Crippen molar-refractivity contribution < 1.29 is 38.2 Å². The number of rotatable bonds is 5. The quantitative estimate of drug-likeness (QED) is 0.544. The van der Waals surface area contributed by atoms with Crippen LogP contribution in [0.25, 0.3) is 0 Å². The molecule has 1 aromatic rings. The zero-order chi connectivity index (χ0) is 13.9. The largest absolute Gasteiger partial charge is 1.00 e. The molecule has 1 fully saturated rings. The minimum atomic E-state index is 0. The van der Waals surface area contributed by atoms with Gasteiger partial charge in [-0.25, -0.2) is 0 Å². The Morgan fingerprint density at radius 3 is 2.45 bits per heavy atom. The molecule has 1 saturated heterocycles. The summed E-state index contributed by atoms with van der Waals surface area (Å²) in [7, 11) is 6.01. The van der Waals surface area contributed by atoms with Gasteiger partial charge >= 0.3 is 0 Å². The van der Waals surface area contributed by atoms with Crippen molar-refractivity contribution in [3.8, 4) is 5.75 Å². The Balaban J connectivity index is 0.00000200. The summed E-state index contributed by atoms with van der Waals surface area (Å²) in [4.78, 5) is 6.18. The third-order valence-electron chi connectivity index (χ3n) is 4.04. The van der Waals surface area contributed by atoms with Gasteiger partial charge in [-0.15, -0.1) is 0 Å². The summed E-state index contributed by atoms with van der Waals surface area (Å²) >= 11 is 0. The first kappa shape index (κ1) is 17.7. The van der Waals surface area contributed by atoms with Gasteiger partial charge in [0.1, 0.15) is 17.9 Å². The topological polar surface area (TPSA) is 18.5 Å². The van der Waals surface area contributed by atoms with E-state index in [0.29, 0.717) is 16.8 Å². The minimum Gasteiger partial charge on any atom is -1.00 e. The Morgan fingerprint density at radius 1 is 1.25 bits per heavy atom. The third-order valence-corrected chi connectivity index (χ3v) is 4.04. The standard InChI is InChI=1S/C16H26NO2.HI/c1-5-6-7-15-12-16(17(2,3)19-15)13-8-10-14(18-4)11-9-13;/h8-11,15-16H,5-7,12H2,1-4H3;1H/q+1;/p-1. The van der Waals surface area contributed by atoms with E-state index in [1.165, 1.54) is 24.8 Å². The van der Waals surface area contributed by atoms with Crippen LogP contribution in [0.2, 0.25) is 0 Å². The highest BCUT2D eigenvalue weighted by molar-refractivity contribution is 5.28. The summed E-state index contributed by atoms with van der Waals surface area (Å²) in [5.74, 6) is 0.913. The predicted molar refractivity (Wildman–Crippen MR) is 76.9 cm³/mol. The van der Waals surface area contributed by atoms with Gasteiger partial charge in [0.15, 0.2) is 0 Å².